The Morgan fingerprint density at radius 2 is 2.05 bits per heavy atom. The summed E-state index contributed by atoms with van der Waals surface area (Å²) in [4.78, 5) is 0. The number of rotatable bonds is 8. The van der Waals surface area contributed by atoms with Crippen molar-refractivity contribution in [3.05, 3.63) is 16.4 Å². The third-order valence-electron chi connectivity index (χ3n) is 3.04. The maximum atomic E-state index is 12.7. The zero-order valence-corrected chi connectivity index (χ0v) is 12.7. The maximum absolute atomic E-state index is 12.7. The first kappa shape index (κ1) is 18.2. The van der Waals surface area contributed by atoms with Crippen LogP contribution in [0.25, 0.3) is 0 Å². The molecule has 0 saturated heterocycles. The van der Waals surface area contributed by atoms with Crippen molar-refractivity contribution in [3.8, 4) is 0 Å². The van der Waals surface area contributed by atoms with E-state index in [1.807, 2.05) is 0 Å². The lowest BCUT2D eigenvalue weighted by Crippen LogP contribution is -2.37. The molecule has 1 aromatic rings. The fraction of sp³-hybridized carbons (Fsp3) is 0.750. The number of aryl methyl sites for hydroxylation is 2. The molecule has 0 aromatic carbocycles. The molecule has 1 heterocycles. The van der Waals surface area contributed by atoms with Crippen LogP contribution in [0, 0.1) is 6.92 Å². The number of alkyl halides is 4. The lowest BCUT2D eigenvalue weighted by Gasteiger charge is -2.20. The van der Waals surface area contributed by atoms with Gasteiger partial charge in [-0.2, -0.15) is 13.9 Å². The summed E-state index contributed by atoms with van der Waals surface area (Å²) in [6.07, 6.45) is -3.35. The van der Waals surface area contributed by atoms with Gasteiger partial charge in [-0.05, 0) is 14.0 Å². The largest absolute Gasteiger partial charge is 0.373 e. The molecule has 4 nitrogen and oxygen atoms in total. The molecular weight excluding hydrogens is 314 g/mol. The van der Waals surface area contributed by atoms with E-state index in [1.165, 1.54) is 0 Å². The van der Waals surface area contributed by atoms with Gasteiger partial charge in [-0.15, -0.1) is 0 Å². The minimum Gasteiger partial charge on any atom is -0.373 e. The van der Waals surface area contributed by atoms with Crippen molar-refractivity contribution in [1.29, 1.82) is 0 Å². The van der Waals surface area contributed by atoms with Gasteiger partial charge < -0.3 is 10.1 Å². The Morgan fingerprint density at radius 3 is 2.48 bits per heavy atom. The molecule has 122 valence electrons. The number of aromatic nitrogens is 2. The molecule has 1 unspecified atom stereocenters. The van der Waals surface area contributed by atoms with Gasteiger partial charge in [0, 0.05) is 19.5 Å². The summed E-state index contributed by atoms with van der Waals surface area (Å²) in [5.41, 5.74) is 1.38. The second-order valence-corrected chi connectivity index (χ2v) is 5.11. The molecule has 0 bridgehead atoms. The molecule has 1 N–H and O–H groups in total. The van der Waals surface area contributed by atoms with Crippen molar-refractivity contribution >= 4 is 11.6 Å². The summed E-state index contributed by atoms with van der Waals surface area (Å²) in [6, 6.07) is -0.342. The Balaban J connectivity index is 2.57. The molecule has 21 heavy (non-hydrogen) atoms. The molecule has 0 fully saturated rings. The Kier molecular flexibility index (Phi) is 6.42. The average molecular weight is 332 g/mol. The Hall–Kier alpha value is -0.860. The topological polar surface area (TPSA) is 39.1 Å². The van der Waals surface area contributed by atoms with E-state index in [4.69, 9.17) is 16.3 Å². The van der Waals surface area contributed by atoms with Gasteiger partial charge in [0.1, 0.15) is 6.61 Å². The molecule has 1 atom stereocenters. The van der Waals surface area contributed by atoms with E-state index in [9.17, 15) is 17.6 Å². The van der Waals surface area contributed by atoms with Gasteiger partial charge >= 0.3 is 12.3 Å². The highest BCUT2D eigenvalue weighted by Crippen LogP contribution is 2.23. The highest BCUT2D eigenvalue weighted by Gasteiger charge is 2.41. The van der Waals surface area contributed by atoms with Gasteiger partial charge in [0.25, 0.3) is 0 Å². The quantitative estimate of drug-likeness (QED) is 0.744. The summed E-state index contributed by atoms with van der Waals surface area (Å²) < 4.78 is 55.8. The summed E-state index contributed by atoms with van der Waals surface area (Å²) >= 11 is 6.09. The van der Waals surface area contributed by atoms with Gasteiger partial charge in [0.05, 0.1) is 23.0 Å². The van der Waals surface area contributed by atoms with Crippen LogP contribution in [0.15, 0.2) is 0 Å². The minimum atomic E-state index is -4.14. The Bertz CT molecular complexity index is 468. The van der Waals surface area contributed by atoms with Crippen LogP contribution >= 0.6 is 11.6 Å². The van der Waals surface area contributed by atoms with Crippen LogP contribution in [0.3, 0.4) is 0 Å². The maximum Gasteiger partial charge on any atom is 0.330 e. The molecule has 0 spiro atoms. The third-order valence-corrected chi connectivity index (χ3v) is 3.53. The molecule has 0 aliphatic rings. The van der Waals surface area contributed by atoms with E-state index in [0.717, 1.165) is 5.69 Å². The van der Waals surface area contributed by atoms with Crippen molar-refractivity contribution in [1.82, 2.24) is 15.1 Å². The summed E-state index contributed by atoms with van der Waals surface area (Å²) in [7, 11) is 3.34. The molecule has 0 amide bonds. The van der Waals surface area contributed by atoms with Crippen LogP contribution in [-0.4, -0.2) is 48.4 Å². The van der Waals surface area contributed by atoms with Gasteiger partial charge in [0.15, 0.2) is 0 Å². The monoisotopic (exact) mass is 331 g/mol. The van der Waals surface area contributed by atoms with Crippen molar-refractivity contribution in [2.75, 3.05) is 20.3 Å². The fourth-order valence-electron chi connectivity index (χ4n) is 1.78. The average Bonchev–Trinajstić information content (AvgIpc) is 2.63. The van der Waals surface area contributed by atoms with Crippen LogP contribution in [-0.2, 0) is 18.2 Å². The molecule has 0 radical (unpaired) electrons. The minimum absolute atomic E-state index is 0.140. The molecule has 0 aliphatic heterocycles. The predicted octanol–water partition coefficient (Wildman–Crippen LogP) is 2.43. The van der Waals surface area contributed by atoms with E-state index in [1.54, 1.807) is 25.7 Å². The second kappa shape index (κ2) is 7.42. The van der Waals surface area contributed by atoms with Crippen molar-refractivity contribution in [2.45, 2.75) is 31.7 Å². The normalized spacial score (nSPS) is 14.0. The number of ether oxygens (including phenoxy) is 1. The van der Waals surface area contributed by atoms with Gasteiger partial charge in [-0.25, -0.2) is 8.78 Å². The summed E-state index contributed by atoms with van der Waals surface area (Å²) in [5.74, 6) is -4.14. The standard InChI is InChI=1S/C12H18ClF4N3O/c1-7-10(13)9(20(3)19-7)4-8(18-2)5-21-6-12(16,17)11(14)15/h8,11,18H,4-6H2,1-3H3. The van der Waals surface area contributed by atoms with Gasteiger partial charge in [-0.1, -0.05) is 11.6 Å². The van der Waals surface area contributed by atoms with Crippen molar-refractivity contribution in [3.63, 3.8) is 0 Å². The van der Waals surface area contributed by atoms with Gasteiger partial charge in [0.2, 0.25) is 0 Å². The lowest BCUT2D eigenvalue weighted by atomic mass is 10.1. The Morgan fingerprint density at radius 1 is 1.43 bits per heavy atom. The first-order chi connectivity index (χ1) is 9.69. The summed E-state index contributed by atoms with van der Waals surface area (Å²) in [6.45, 7) is 0.292. The first-order valence-electron chi connectivity index (χ1n) is 6.28. The highest BCUT2D eigenvalue weighted by molar-refractivity contribution is 6.31. The van der Waals surface area contributed by atoms with E-state index < -0.39 is 19.0 Å². The van der Waals surface area contributed by atoms with Crippen LogP contribution < -0.4 is 5.32 Å². The van der Waals surface area contributed by atoms with Crippen LogP contribution in [0.1, 0.15) is 11.4 Å². The predicted molar refractivity (Wildman–Crippen MR) is 71.3 cm³/mol. The number of halogens is 5. The first-order valence-corrected chi connectivity index (χ1v) is 6.65. The molecule has 0 aliphatic carbocycles. The zero-order chi connectivity index (χ0) is 16.2. The number of likely N-dealkylation sites (N-methyl/N-ethyl adjacent to an activating group) is 1. The zero-order valence-electron chi connectivity index (χ0n) is 12.0. The molecule has 9 heteroatoms. The second-order valence-electron chi connectivity index (χ2n) is 4.74. The van der Waals surface area contributed by atoms with Crippen LogP contribution in [0.4, 0.5) is 17.6 Å². The molecule has 1 rings (SSSR count). The van der Waals surface area contributed by atoms with E-state index in [2.05, 4.69) is 10.4 Å². The van der Waals surface area contributed by atoms with Gasteiger partial charge in [-0.3, -0.25) is 4.68 Å². The van der Waals surface area contributed by atoms with E-state index in [-0.39, 0.29) is 12.6 Å². The van der Waals surface area contributed by atoms with Crippen molar-refractivity contribution in [2.24, 2.45) is 7.05 Å². The highest BCUT2D eigenvalue weighted by atomic mass is 35.5. The summed E-state index contributed by atoms with van der Waals surface area (Å²) in [5, 5.41) is 7.51. The molecular formula is C12H18ClF4N3O. The van der Waals surface area contributed by atoms with Crippen LogP contribution in [0.5, 0.6) is 0 Å². The van der Waals surface area contributed by atoms with E-state index in [0.29, 0.717) is 17.1 Å². The number of hydrogen-bond acceptors (Lipinski definition) is 3. The molecule has 1 aromatic heterocycles. The number of nitrogens with one attached hydrogen (secondary N) is 1. The molecule has 0 saturated carbocycles. The number of hydrogen-bond donors (Lipinski definition) is 1. The SMILES string of the molecule is CNC(COCC(F)(F)C(F)F)Cc1c(Cl)c(C)nn1C. The Labute approximate surface area is 125 Å². The van der Waals surface area contributed by atoms with E-state index >= 15 is 0 Å². The fourth-order valence-corrected chi connectivity index (χ4v) is 2.02. The lowest BCUT2D eigenvalue weighted by molar-refractivity contribution is -0.166. The smallest absolute Gasteiger partial charge is 0.330 e. The third kappa shape index (κ3) is 4.82. The number of nitrogens with zero attached hydrogens (tertiary/aromatic N) is 2. The van der Waals surface area contributed by atoms with Crippen LogP contribution in [0.2, 0.25) is 5.02 Å². The van der Waals surface area contributed by atoms with Crippen molar-refractivity contribution < 1.29 is 22.3 Å².